The average molecular weight is 370 g/mol. The van der Waals surface area contributed by atoms with Crippen molar-refractivity contribution in [1.29, 1.82) is 0 Å². The molecule has 0 saturated carbocycles. The van der Waals surface area contributed by atoms with Crippen LogP contribution in [0.4, 0.5) is 0 Å². The third-order valence-electron chi connectivity index (χ3n) is 4.96. The summed E-state index contributed by atoms with van der Waals surface area (Å²) in [4.78, 5) is 15.1. The Balaban J connectivity index is 2.36. The van der Waals surface area contributed by atoms with Crippen LogP contribution in [-0.2, 0) is 0 Å². The molecule has 0 spiro atoms. The van der Waals surface area contributed by atoms with Gasteiger partial charge in [-0.05, 0) is 57.0 Å². The van der Waals surface area contributed by atoms with E-state index in [2.05, 4.69) is 0 Å². The fraction of sp³-hybridized carbons (Fsp3) is 0.435. The van der Waals surface area contributed by atoms with Gasteiger partial charge in [0.25, 0.3) is 5.91 Å². The molecule has 4 heteroatoms. The molecule has 1 N–H and O–H groups in total. The van der Waals surface area contributed by atoms with E-state index in [4.69, 9.17) is 4.74 Å². The summed E-state index contributed by atoms with van der Waals surface area (Å²) in [5, 5.41) is 10.9. The maximum atomic E-state index is 13.2. The number of hydrogen-bond acceptors (Lipinski definition) is 3. The minimum atomic E-state index is -0.712. The summed E-state index contributed by atoms with van der Waals surface area (Å²) < 4.78 is 5.18. The van der Waals surface area contributed by atoms with Gasteiger partial charge in [0.05, 0.1) is 13.2 Å². The van der Waals surface area contributed by atoms with E-state index in [0.29, 0.717) is 5.56 Å². The second kappa shape index (κ2) is 9.05. The second-order valence-corrected chi connectivity index (χ2v) is 7.49. The molecule has 0 aromatic heterocycles. The van der Waals surface area contributed by atoms with Gasteiger partial charge in [-0.25, -0.2) is 0 Å². The van der Waals surface area contributed by atoms with Gasteiger partial charge in [-0.2, -0.15) is 0 Å². The van der Waals surface area contributed by atoms with Crippen LogP contribution in [0.15, 0.2) is 48.5 Å². The standard InChI is InChI=1S/C23H31NO3/c1-15(2)24(16(3)4)23(26)21-10-8-7-9-20(21)17(5)22(25)18-11-13-19(27-6)14-12-18/h7-17,22,25H,1-6H3/t17-,22?/m0/s1. The zero-order valence-corrected chi connectivity index (χ0v) is 17.1. The molecule has 1 unspecified atom stereocenters. The average Bonchev–Trinajstić information content (AvgIpc) is 2.66. The van der Waals surface area contributed by atoms with Gasteiger partial charge in [-0.15, -0.1) is 0 Å². The van der Waals surface area contributed by atoms with Crippen LogP contribution in [0.2, 0.25) is 0 Å². The van der Waals surface area contributed by atoms with Crippen molar-refractivity contribution in [3.8, 4) is 5.75 Å². The first-order chi connectivity index (χ1) is 12.8. The molecule has 146 valence electrons. The number of ether oxygens (including phenoxy) is 1. The highest BCUT2D eigenvalue weighted by molar-refractivity contribution is 5.96. The van der Waals surface area contributed by atoms with Gasteiger partial charge in [0.15, 0.2) is 0 Å². The Bertz CT molecular complexity index is 744. The SMILES string of the molecule is COc1ccc(C(O)[C@@H](C)c2ccccc2C(=O)N(C(C)C)C(C)C)cc1. The predicted molar refractivity (Wildman–Crippen MR) is 109 cm³/mol. The molecule has 0 saturated heterocycles. The smallest absolute Gasteiger partial charge is 0.254 e. The first kappa shape index (κ1) is 21.0. The molecule has 2 atom stereocenters. The van der Waals surface area contributed by atoms with E-state index in [1.54, 1.807) is 7.11 Å². The van der Waals surface area contributed by atoms with Crippen molar-refractivity contribution in [3.63, 3.8) is 0 Å². The number of rotatable bonds is 7. The quantitative estimate of drug-likeness (QED) is 0.763. The number of carbonyl (C=O) groups is 1. The van der Waals surface area contributed by atoms with E-state index in [0.717, 1.165) is 16.9 Å². The Morgan fingerprint density at radius 3 is 2.00 bits per heavy atom. The Hall–Kier alpha value is -2.33. The molecular formula is C23H31NO3. The summed E-state index contributed by atoms with van der Waals surface area (Å²) in [6, 6.07) is 15.2. The molecule has 0 aliphatic heterocycles. The zero-order valence-electron chi connectivity index (χ0n) is 17.1. The Morgan fingerprint density at radius 1 is 0.926 bits per heavy atom. The molecule has 0 bridgehead atoms. The van der Waals surface area contributed by atoms with Gasteiger partial charge in [0.1, 0.15) is 5.75 Å². The minimum absolute atomic E-state index is 0.00406. The second-order valence-electron chi connectivity index (χ2n) is 7.49. The monoisotopic (exact) mass is 369 g/mol. The highest BCUT2D eigenvalue weighted by Gasteiger charge is 2.27. The van der Waals surface area contributed by atoms with Crippen LogP contribution in [0.3, 0.4) is 0 Å². The van der Waals surface area contributed by atoms with Gasteiger partial charge < -0.3 is 14.7 Å². The fourth-order valence-electron chi connectivity index (χ4n) is 3.55. The largest absolute Gasteiger partial charge is 0.497 e. The number of aliphatic hydroxyl groups excluding tert-OH is 1. The summed E-state index contributed by atoms with van der Waals surface area (Å²) in [6.07, 6.45) is -0.712. The molecule has 27 heavy (non-hydrogen) atoms. The van der Waals surface area contributed by atoms with Crippen molar-refractivity contribution in [2.24, 2.45) is 0 Å². The van der Waals surface area contributed by atoms with Gasteiger partial charge in [-0.3, -0.25) is 4.79 Å². The van der Waals surface area contributed by atoms with E-state index in [1.807, 2.05) is 88.0 Å². The summed E-state index contributed by atoms with van der Waals surface area (Å²) in [5.74, 6) is 0.530. The minimum Gasteiger partial charge on any atom is -0.497 e. The lowest BCUT2D eigenvalue weighted by Crippen LogP contribution is -2.42. The van der Waals surface area contributed by atoms with E-state index in [-0.39, 0.29) is 23.9 Å². The molecule has 4 nitrogen and oxygen atoms in total. The third kappa shape index (κ3) is 4.69. The molecule has 0 aliphatic rings. The van der Waals surface area contributed by atoms with E-state index in [1.165, 1.54) is 0 Å². The molecular weight excluding hydrogens is 338 g/mol. The van der Waals surface area contributed by atoms with Crippen LogP contribution in [0.25, 0.3) is 0 Å². The molecule has 0 heterocycles. The maximum absolute atomic E-state index is 13.2. The third-order valence-corrected chi connectivity index (χ3v) is 4.96. The molecule has 0 radical (unpaired) electrons. The van der Waals surface area contributed by atoms with Crippen LogP contribution in [-0.4, -0.2) is 35.1 Å². The Labute approximate surface area is 162 Å². The van der Waals surface area contributed by atoms with Crippen molar-refractivity contribution < 1.29 is 14.6 Å². The van der Waals surface area contributed by atoms with Crippen LogP contribution >= 0.6 is 0 Å². The molecule has 1 amide bonds. The van der Waals surface area contributed by atoms with Gasteiger partial charge >= 0.3 is 0 Å². The van der Waals surface area contributed by atoms with E-state index in [9.17, 15) is 9.90 Å². The summed E-state index contributed by atoms with van der Waals surface area (Å²) in [7, 11) is 1.62. The maximum Gasteiger partial charge on any atom is 0.254 e. The molecule has 2 aromatic carbocycles. The van der Waals surface area contributed by atoms with Crippen molar-refractivity contribution >= 4 is 5.91 Å². The van der Waals surface area contributed by atoms with Crippen molar-refractivity contribution in [1.82, 2.24) is 4.90 Å². The lowest BCUT2D eigenvalue weighted by molar-refractivity contribution is 0.0640. The van der Waals surface area contributed by atoms with Crippen LogP contribution < -0.4 is 4.74 Å². The van der Waals surface area contributed by atoms with Gasteiger partial charge in [0.2, 0.25) is 0 Å². The lowest BCUT2D eigenvalue weighted by atomic mass is 9.87. The zero-order chi connectivity index (χ0) is 20.1. The fourth-order valence-corrected chi connectivity index (χ4v) is 3.55. The molecule has 0 fully saturated rings. The van der Waals surface area contributed by atoms with Gasteiger partial charge in [-0.1, -0.05) is 37.3 Å². The molecule has 2 aromatic rings. The van der Waals surface area contributed by atoms with Crippen LogP contribution in [0, 0.1) is 0 Å². The normalized spacial score (nSPS) is 13.5. The van der Waals surface area contributed by atoms with Crippen molar-refractivity contribution in [2.45, 2.75) is 58.7 Å². The summed E-state index contributed by atoms with van der Waals surface area (Å²) in [5.41, 5.74) is 2.31. The summed E-state index contributed by atoms with van der Waals surface area (Å²) >= 11 is 0. The predicted octanol–water partition coefficient (Wildman–Crippen LogP) is 4.79. The highest BCUT2D eigenvalue weighted by Crippen LogP contribution is 2.34. The summed E-state index contributed by atoms with van der Waals surface area (Å²) in [6.45, 7) is 10.1. The number of carbonyl (C=O) groups excluding carboxylic acids is 1. The Kier molecular flexibility index (Phi) is 7.03. The Morgan fingerprint density at radius 2 is 1.48 bits per heavy atom. The number of hydrogen-bond donors (Lipinski definition) is 1. The molecule has 0 aliphatic carbocycles. The van der Waals surface area contributed by atoms with Gasteiger partial charge in [0, 0.05) is 23.6 Å². The lowest BCUT2D eigenvalue weighted by Gasteiger charge is -2.32. The highest BCUT2D eigenvalue weighted by atomic mass is 16.5. The van der Waals surface area contributed by atoms with Crippen molar-refractivity contribution in [2.75, 3.05) is 7.11 Å². The van der Waals surface area contributed by atoms with Crippen molar-refractivity contribution in [3.05, 3.63) is 65.2 Å². The van der Waals surface area contributed by atoms with Crippen LogP contribution in [0.1, 0.15) is 68.1 Å². The molecule has 2 rings (SSSR count). The first-order valence-corrected chi connectivity index (χ1v) is 9.51. The number of aliphatic hydroxyl groups is 1. The number of methoxy groups -OCH3 is 1. The first-order valence-electron chi connectivity index (χ1n) is 9.51. The van der Waals surface area contributed by atoms with E-state index >= 15 is 0 Å². The topological polar surface area (TPSA) is 49.8 Å². The number of benzene rings is 2. The van der Waals surface area contributed by atoms with Crippen LogP contribution in [0.5, 0.6) is 5.75 Å². The van der Waals surface area contributed by atoms with E-state index < -0.39 is 6.10 Å². The number of nitrogens with zero attached hydrogens (tertiary/aromatic N) is 1. The number of amides is 1.